The van der Waals surface area contributed by atoms with Crippen LogP contribution in [0, 0.1) is 0 Å². The third-order valence-corrected chi connectivity index (χ3v) is 13.2. The number of amides is 2. The number of nitrogens with zero attached hydrogens (tertiary/aromatic N) is 10. The Kier molecular flexibility index (Phi) is 28.9. The van der Waals surface area contributed by atoms with Crippen molar-refractivity contribution in [2.45, 2.75) is 158 Å². The standard InChI is InChI=1S/C60H110N10O14/c1-55(2,3)79-49(73)41-63-23-19-61(20-24-64(42-50(74)80-56(4,5)6)28-32-67(31-27-63)45-53(77)83-59(13,14)15)39-47(71)69-35-37-70(38-36-69)48(72)40-62-21-25-65(43-51(75)81-57(7,8)9)29-33-68(46-54(78)84-60(16,17)18)34-30-66(26-22-62)44-52(76)82-58(10,11)12/h19-46H2,1-18H3. The van der Waals surface area contributed by atoms with Crippen molar-refractivity contribution in [1.82, 2.24) is 49.0 Å². The van der Waals surface area contributed by atoms with Gasteiger partial charge in [-0.15, -0.1) is 0 Å². The van der Waals surface area contributed by atoms with Crippen LogP contribution in [0.25, 0.3) is 0 Å². The summed E-state index contributed by atoms with van der Waals surface area (Å²) in [6, 6.07) is 0. The minimum Gasteiger partial charge on any atom is -0.459 e. The molecule has 3 rings (SSSR count). The Balaban J connectivity index is 1.82. The molecule has 0 aromatic heterocycles. The Bertz CT molecular complexity index is 1890. The molecule has 24 heteroatoms. The lowest BCUT2D eigenvalue weighted by Gasteiger charge is -2.38. The van der Waals surface area contributed by atoms with E-state index in [2.05, 4.69) is 0 Å². The van der Waals surface area contributed by atoms with Gasteiger partial charge in [0, 0.05) is 131 Å². The number of ether oxygens (including phenoxy) is 6. The van der Waals surface area contributed by atoms with Crippen LogP contribution < -0.4 is 0 Å². The molecule has 2 amide bonds. The quantitative estimate of drug-likeness (QED) is 0.159. The van der Waals surface area contributed by atoms with E-state index in [4.69, 9.17) is 28.4 Å². The third kappa shape index (κ3) is 34.0. The molecule has 3 aliphatic rings. The number of carbonyl (C=O) groups excluding carboxylic acids is 8. The van der Waals surface area contributed by atoms with Gasteiger partial charge < -0.3 is 38.2 Å². The van der Waals surface area contributed by atoms with Crippen LogP contribution in [0.4, 0.5) is 0 Å². The van der Waals surface area contributed by atoms with Gasteiger partial charge in [-0.05, 0) is 125 Å². The van der Waals surface area contributed by atoms with E-state index in [9.17, 15) is 38.4 Å². The van der Waals surface area contributed by atoms with Crippen molar-refractivity contribution in [2.75, 3.05) is 183 Å². The summed E-state index contributed by atoms with van der Waals surface area (Å²) in [5.41, 5.74) is -4.15. The van der Waals surface area contributed by atoms with Gasteiger partial charge in [0.15, 0.2) is 0 Å². The molecular weight excluding hydrogens is 1080 g/mol. The lowest BCUT2D eigenvalue weighted by Crippen LogP contribution is -2.55. The summed E-state index contributed by atoms with van der Waals surface area (Å²) in [6.07, 6.45) is 0. The summed E-state index contributed by atoms with van der Waals surface area (Å²) < 4.78 is 34.3. The van der Waals surface area contributed by atoms with Crippen molar-refractivity contribution in [2.24, 2.45) is 0 Å². The van der Waals surface area contributed by atoms with Gasteiger partial charge in [0.05, 0.1) is 52.4 Å². The summed E-state index contributed by atoms with van der Waals surface area (Å²) in [5, 5.41) is 0. The third-order valence-electron chi connectivity index (χ3n) is 13.2. The van der Waals surface area contributed by atoms with Crippen LogP contribution in [-0.4, -0.2) is 313 Å². The van der Waals surface area contributed by atoms with Gasteiger partial charge in [-0.25, -0.2) is 0 Å². The van der Waals surface area contributed by atoms with Gasteiger partial charge in [-0.1, -0.05) is 0 Å². The highest BCUT2D eigenvalue weighted by Crippen LogP contribution is 2.16. The molecule has 0 aliphatic carbocycles. The van der Waals surface area contributed by atoms with Crippen molar-refractivity contribution in [3.63, 3.8) is 0 Å². The highest BCUT2D eigenvalue weighted by molar-refractivity contribution is 5.81. The first-order valence-corrected chi connectivity index (χ1v) is 30.2. The largest absolute Gasteiger partial charge is 0.459 e. The monoisotopic (exact) mass is 1190 g/mol. The van der Waals surface area contributed by atoms with Crippen LogP contribution in [0.3, 0.4) is 0 Å². The second kappa shape index (κ2) is 33.0. The average Bonchev–Trinajstić information content (AvgIpc) is 3.30. The minimum absolute atomic E-state index is 0.00230. The maximum atomic E-state index is 14.3. The topological polar surface area (TPSA) is 224 Å². The van der Waals surface area contributed by atoms with E-state index in [-0.39, 0.29) is 100.0 Å². The predicted octanol–water partition coefficient (Wildman–Crippen LogP) is 2.15. The zero-order valence-electron chi connectivity index (χ0n) is 55.0. The number of carbonyl (C=O) groups is 8. The fourth-order valence-corrected chi connectivity index (χ4v) is 9.55. The number of hydrogen-bond donors (Lipinski definition) is 0. The molecule has 3 saturated heterocycles. The summed E-state index contributed by atoms with van der Waals surface area (Å²) in [4.78, 5) is 128. The molecule has 0 bridgehead atoms. The molecule has 0 spiro atoms. The van der Waals surface area contributed by atoms with Crippen LogP contribution >= 0.6 is 0 Å². The molecule has 0 unspecified atom stereocenters. The lowest BCUT2D eigenvalue weighted by atomic mass is 10.2. The summed E-state index contributed by atoms with van der Waals surface area (Å²) in [5.74, 6) is -2.54. The van der Waals surface area contributed by atoms with Crippen molar-refractivity contribution >= 4 is 47.6 Å². The van der Waals surface area contributed by atoms with E-state index in [1.165, 1.54) is 0 Å². The molecule has 3 aliphatic heterocycles. The van der Waals surface area contributed by atoms with E-state index in [1.807, 2.05) is 164 Å². The van der Waals surface area contributed by atoms with E-state index in [0.717, 1.165) is 0 Å². The lowest BCUT2D eigenvalue weighted by molar-refractivity contribution is -0.158. The molecule has 3 fully saturated rings. The molecule has 24 nitrogen and oxygen atoms in total. The highest BCUT2D eigenvalue weighted by atomic mass is 16.6. The van der Waals surface area contributed by atoms with E-state index in [0.29, 0.717) is 131 Å². The normalized spacial score (nSPS) is 19.4. The molecule has 0 N–H and O–H groups in total. The molecule has 0 aromatic rings. The van der Waals surface area contributed by atoms with Crippen LogP contribution in [0.15, 0.2) is 0 Å². The van der Waals surface area contributed by atoms with Gasteiger partial charge >= 0.3 is 35.8 Å². The first kappa shape index (κ1) is 73.7. The van der Waals surface area contributed by atoms with Gasteiger partial charge in [-0.2, -0.15) is 0 Å². The Hall–Kier alpha value is -4.56. The van der Waals surface area contributed by atoms with Crippen LogP contribution in [-0.2, 0) is 66.8 Å². The van der Waals surface area contributed by atoms with Crippen LogP contribution in [0.5, 0.6) is 0 Å². The van der Waals surface area contributed by atoms with Gasteiger partial charge in [0.25, 0.3) is 0 Å². The van der Waals surface area contributed by atoms with Crippen molar-refractivity contribution in [3.05, 3.63) is 0 Å². The number of rotatable bonds is 16. The van der Waals surface area contributed by atoms with E-state index >= 15 is 0 Å². The Morgan fingerprint density at radius 2 is 0.333 bits per heavy atom. The Morgan fingerprint density at radius 3 is 0.452 bits per heavy atom. The second-order valence-corrected chi connectivity index (χ2v) is 28.5. The number of piperazine rings is 1. The van der Waals surface area contributed by atoms with Gasteiger partial charge in [-0.3, -0.25) is 77.6 Å². The molecule has 0 radical (unpaired) electrons. The number of esters is 6. The van der Waals surface area contributed by atoms with Crippen molar-refractivity contribution < 1.29 is 66.8 Å². The van der Waals surface area contributed by atoms with Crippen LogP contribution in [0.2, 0.25) is 0 Å². The second-order valence-electron chi connectivity index (χ2n) is 28.5. The predicted molar refractivity (Wildman–Crippen MR) is 320 cm³/mol. The molecule has 0 atom stereocenters. The SMILES string of the molecule is CC(C)(C)OC(=O)CN1CCN(CC(=O)OC(C)(C)C)CCN(CC(=O)N2CCN(C(=O)CN3CCN(CC(=O)OC(C)(C)C)CCN(CC(=O)OC(C)(C)C)CCN(CC(=O)OC(C)(C)C)CC3)CC2)CCN(CC(=O)OC(C)(C)C)CC1. The Labute approximate surface area is 503 Å². The molecule has 3 heterocycles. The molecular formula is C60H110N10O14. The summed E-state index contributed by atoms with van der Waals surface area (Å²) in [6.45, 7) is 40.7. The first-order valence-electron chi connectivity index (χ1n) is 30.2. The summed E-state index contributed by atoms with van der Waals surface area (Å²) >= 11 is 0. The fourth-order valence-electron chi connectivity index (χ4n) is 9.55. The molecule has 0 saturated carbocycles. The minimum atomic E-state index is -0.697. The highest BCUT2D eigenvalue weighted by Gasteiger charge is 2.32. The maximum absolute atomic E-state index is 14.3. The zero-order chi connectivity index (χ0) is 63.4. The van der Waals surface area contributed by atoms with Crippen molar-refractivity contribution in [1.29, 1.82) is 0 Å². The Morgan fingerprint density at radius 1 is 0.214 bits per heavy atom. The first-order chi connectivity index (χ1) is 38.6. The zero-order valence-corrected chi connectivity index (χ0v) is 55.0. The fraction of sp³-hybridized carbons (Fsp3) is 0.867. The van der Waals surface area contributed by atoms with E-state index in [1.54, 1.807) is 9.80 Å². The average molecular weight is 1200 g/mol. The molecule has 0 aromatic carbocycles. The van der Waals surface area contributed by atoms with Gasteiger partial charge in [0.2, 0.25) is 11.8 Å². The van der Waals surface area contributed by atoms with Gasteiger partial charge in [0.1, 0.15) is 33.6 Å². The molecule has 484 valence electrons. The maximum Gasteiger partial charge on any atom is 0.320 e. The summed E-state index contributed by atoms with van der Waals surface area (Å²) in [7, 11) is 0. The number of hydrogen-bond acceptors (Lipinski definition) is 22. The van der Waals surface area contributed by atoms with Crippen LogP contribution in [0.1, 0.15) is 125 Å². The van der Waals surface area contributed by atoms with Crippen molar-refractivity contribution in [3.8, 4) is 0 Å². The van der Waals surface area contributed by atoms with E-state index < -0.39 is 33.6 Å². The molecule has 84 heavy (non-hydrogen) atoms. The smallest absolute Gasteiger partial charge is 0.320 e.